The highest BCUT2D eigenvalue weighted by Gasteiger charge is 2.33. The molecule has 4 N–H and O–H groups in total. The van der Waals surface area contributed by atoms with Crippen molar-refractivity contribution in [1.29, 1.82) is 0 Å². The topological polar surface area (TPSA) is 88.2 Å². The van der Waals surface area contributed by atoms with Crippen molar-refractivity contribution in [2.75, 3.05) is 11.9 Å². The zero-order valence-electron chi connectivity index (χ0n) is 11.7. The molecule has 0 fully saturated rings. The summed E-state index contributed by atoms with van der Waals surface area (Å²) >= 11 is 0. The molecule has 1 aromatic heterocycles. The molecule has 0 aromatic carbocycles. The first-order valence-corrected chi connectivity index (χ1v) is 6.40. The Morgan fingerprint density at radius 2 is 2.05 bits per heavy atom. The Labute approximate surface area is 120 Å². The van der Waals surface area contributed by atoms with E-state index in [4.69, 9.17) is 5.73 Å². The van der Waals surface area contributed by atoms with Crippen LogP contribution in [0.2, 0.25) is 0 Å². The molecule has 1 heterocycles. The molecule has 1 atom stereocenters. The number of pyridine rings is 1. The van der Waals surface area contributed by atoms with Crippen molar-refractivity contribution < 1.29 is 23.1 Å². The van der Waals surface area contributed by atoms with Crippen LogP contribution in [-0.2, 0) is 6.18 Å². The first-order chi connectivity index (χ1) is 9.65. The van der Waals surface area contributed by atoms with Gasteiger partial charge in [0.15, 0.2) is 0 Å². The van der Waals surface area contributed by atoms with E-state index in [1.54, 1.807) is 0 Å². The average Bonchev–Trinajstić information content (AvgIpc) is 2.35. The molecule has 0 aliphatic carbocycles. The maximum atomic E-state index is 12.7. The van der Waals surface area contributed by atoms with Crippen molar-refractivity contribution in [2.24, 2.45) is 11.7 Å². The SMILES string of the molecule is CC(C)CC(CO)Nc1nc(C(F)(F)F)ccc1C(N)=O. The molecule has 0 radical (unpaired) electrons. The Bertz CT molecular complexity index is 504. The van der Waals surface area contributed by atoms with Gasteiger partial charge in [-0.15, -0.1) is 0 Å². The zero-order valence-corrected chi connectivity index (χ0v) is 11.7. The van der Waals surface area contributed by atoms with Crippen molar-refractivity contribution in [2.45, 2.75) is 32.5 Å². The standard InChI is InChI=1S/C13H18F3N3O2/c1-7(2)5-8(6-20)18-12-9(11(17)21)3-4-10(19-12)13(14,15)16/h3-4,7-8,20H,5-6H2,1-2H3,(H2,17,21)(H,18,19). The number of aromatic nitrogens is 1. The van der Waals surface area contributed by atoms with Gasteiger partial charge in [0.1, 0.15) is 11.5 Å². The number of hydrogen-bond acceptors (Lipinski definition) is 4. The normalized spacial score (nSPS) is 13.3. The number of aliphatic hydroxyl groups excluding tert-OH is 1. The summed E-state index contributed by atoms with van der Waals surface area (Å²) in [5.41, 5.74) is 3.85. The van der Waals surface area contributed by atoms with Gasteiger partial charge in [-0.1, -0.05) is 13.8 Å². The Morgan fingerprint density at radius 3 is 2.48 bits per heavy atom. The number of alkyl halides is 3. The molecule has 1 rings (SSSR count). The summed E-state index contributed by atoms with van der Waals surface area (Å²) in [4.78, 5) is 14.7. The van der Waals surface area contributed by atoms with Crippen molar-refractivity contribution in [3.05, 3.63) is 23.4 Å². The second kappa shape index (κ2) is 6.75. The van der Waals surface area contributed by atoms with E-state index in [2.05, 4.69) is 10.3 Å². The second-order valence-electron chi connectivity index (χ2n) is 5.11. The van der Waals surface area contributed by atoms with E-state index >= 15 is 0 Å². The largest absolute Gasteiger partial charge is 0.433 e. The molecule has 0 aliphatic heterocycles. The number of nitrogens with two attached hydrogens (primary N) is 1. The van der Waals surface area contributed by atoms with Crippen LogP contribution in [-0.4, -0.2) is 28.6 Å². The van der Waals surface area contributed by atoms with Gasteiger partial charge in [0.05, 0.1) is 18.2 Å². The lowest BCUT2D eigenvalue weighted by atomic mass is 10.0. The van der Waals surface area contributed by atoms with Crippen LogP contribution >= 0.6 is 0 Å². The van der Waals surface area contributed by atoms with Crippen LogP contribution in [0.5, 0.6) is 0 Å². The van der Waals surface area contributed by atoms with Crippen molar-refractivity contribution >= 4 is 11.7 Å². The van der Waals surface area contributed by atoms with Crippen LogP contribution < -0.4 is 11.1 Å². The van der Waals surface area contributed by atoms with Crippen molar-refractivity contribution in [1.82, 2.24) is 4.98 Å². The number of carbonyl (C=O) groups is 1. The lowest BCUT2D eigenvalue weighted by Crippen LogP contribution is -2.28. The summed E-state index contributed by atoms with van der Waals surface area (Å²) in [6.07, 6.45) is -4.12. The summed E-state index contributed by atoms with van der Waals surface area (Å²) in [6, 6.07) is 1.16. The smallest absolute Gasteiger partial charge is 0.394 e. The lowest BCUT2D eigenvalue weighted by molar-refractivity contribution is -0.141. The molecule has 1 aromatic rings. The van der Waals surface area contributed by atoms with Crippen molar-refractivity contribution in [3.63, 3.8) is 0 Å². The van der Waals surface area contributed by atoms with E-state index in [0.717, 1.165) is 6.07 Å². The van der Waals surface area contributed by atoms with Gasteiger partial charge < -0.3 is 16.2 Å². The molecule has 8 heteroatoms. The van der Waals surface area contributed by atoms with Crippen LogP contribution in [0.1, 0.15) is 36.3 Å². The van der Waals surface area contributed by atoms with Crippen LogP contribution in [0, 0.1) is 5.92 Å². The average molecular weight is 305 g/mol. The molecular formula is C13H18F3N3O2. The van der Waals surface area contributed by atoms with Gasteiger partial charge in [-0.25, -0.2) is 4.98 Å². The van der Waals surface area contributed by atoms with Gasteiger partial charge in [-0.05, 0) is 24.5 Å². The molecule has 5 nitrogen and oxygen atoms in total. The summed E-state index contributed by atoms with van der Waals surface area (Å²) in [6.45, 7) is 3.51. The Morgan fingerprint density at radius 1 is 1.43 bits per heavy atom. The number of halogens is 3. The fraction of sp³-hybridized carbons (Fsp3) is 0.538. The Kier molecular flexibility index (Phi) is 5.54. The van der Waals surface area contributed by atoms with Crippen LogP contribution in [0.4, 0.5) is 19.0 Å². The molecular weight excluding hydrogens is 287 g/mol. The maximum Gasteiger partial charge on any atom is 0.433 e. The van der Waals surface area contributed by atoms with Crippen LogP contribution in [0.3, 0.4) is 0 Å². The lowest BCUT2D eigenvalue weighted by Gasteiger charge is -2.20. The summed E-state index contributed by atoms with van der Waals surface area (Å²) < 4.78 is 38.0. The third-order valence-corrected chi connectivity index (χ3v) is 2.77. The number of carbonyl (C=O) groups excluding carboxylic acids is 1. The molecule has 0 aliphatic rings. The predicted molar refractivity (Wildman–Crippen MR) is 71.7 cm³/mol. The highest BCUT2D eigenvalue weighted by molar-refractivity contribution is 5.97. The quantitative estimate of drug-likeness (QED) is 0.750. The highest BCUT2D eigenvalue weighted by Crippen LogP contribution is 2.29. The highest BCUT2D eigenvalue weighted by atomic mass is 19.4. The van der Waals surface area contributed by atoms with E-state index in [1.165, 1.54) is 0 Å². The van der Waals surface area contributed by atoms with E-state index < -0.39 is 23.8 Å². The second-order valence-corrected chi connectivity index (χ2v) is 5.11. The molecule has 118 valence electrons. The Balaban J connectivity index is 3.14. The number of nitrogens with one attached hydrogen (secondary N) is 1. The molecule has 0 saturated heterocycles. The summed E-state index contributed by atoms with van der Waals surface area (Å²) in [7, 11) is 0. The van der Waals surface area contributed by atoms with E-state index in [-0.39, 0.29) is 23.9 Å². The van der Waals surface area contributed by atoms with Crippen molar-refractivity contribution in [3.8, 4) is 0 Å². The van der Waals surface area contributed by atoms with Crippen LogP contribution in [0.15, 0.2) is 12.1 Å². The molecule has 0 bridgehead atoms. The molecule has 1 amide bonds. The summed E-state index contributed by atoms with van der Waals surface area (Å²) in [5, 5.41) is 11.9. The third kappa shape index (κ3) is 4.89. The van der Waals surface area contributed by atoms with Gasteiger partial charge in [-0.2, -0.15) is 13.2 Å². The minimum atomic E-state index is -4.63. The van der Waals surface area contributed by atoms with Gasteiger partial charge in [-0.3, -0.25) is 4.79 Å². The monoisotopic (exact) mass is 305 g/mol. The number of anilines is 1. The number of hydrogen-bond donors (Lipinski definition) is 3. The van der Waals surface area contributed by atoms with Gasteiger partial charge in [0, 0.05) is 0 Å². The molecule has 1 unspecified atom stereocenters. The predicted octanol–water partition coefficient (Wildman–Crippen LogP) is 2.02. The Hall–Kier alpha value is -1.83. The molecule has 21 heavy (non-hydrogen) atoms. The summed E-state index contributed by atoms with van der Waals surface area (Å²) in [5.74, 6) is -0.950. The fourth-order valence-electron chi connectivity index (χ4n) is 1.87. The minimum Gasteiger partial charge on any atom is -0.394 e. The number of amides is 1. The first kappa shape index (κ1) is 17.2. The molecule has 0 saturated carbocycles. The number of primary amides is 1. The maximum absolute atomic E-state index is 12.7. The number of rotatable bonds is 6. The zero-order chi connectivity index (χ0) is 16.2. The van der Waals surface area contributed by atoms with Gasteiger partial charge >= 0.3 is 6.18 Å². The third-order valence-electron chi connectivity index (χ3n) is 2.77. The number of aliphatic hydroxyl groups is 1. The number of nitrogens with zero attached hydrogens (tertiary/aromatic N) is 1. The minimum absolute atomic E-state index is 0.148. The van der Waals surface area contributed by atoms with Gasteiger partial charge in [0.2, 0.25) is 0 Å². The van der Waals surface area contributed by atoms with E-state index in [0.29, 0.717) is 12.5 Å². The first-order valence-electron chi connectivity index (χ1n) is 6.40. The van der Waals surface area contributed by atoms with Crippen LogP contribution in [0.25, 0.3) is 0 Å². The fourth-order valence-corrected chi connectivity index (χ4v) is 1.87. The van der Waals surface area contributed by atoms with E-state index in [1.807, 2.05) is 13.8 Å². The van der Waals surface area contributed by atoms with Gasteiger partial charge in [0.25, 0.3) is 5.91 Å². The molecule has 0 spiro atoms. The van der Waals surface area contributed by atoms with E-state index in [9.17, 15) is 23.1 Å².